The maximum Gasteiger partial charge on any atom is 0.0421 e. The zero-order valence-electron chi connectivity index (χ0n) is 6.33. The average molecular weight is 249 g/mol. The summed E-state index contributed by atoms with van der Waals surface area (Å²) in [5, 5.41) is 0. The lowest BCUT2D eigenvalue weighted by molar-refractivity contribution is 0.536. The van der Waals surface area contributed by atoms with Crippen molar-refractivity contribution in [2.75, 3.05) is 5.73 Å². The Morgan fingerprint density at radius 1 is 1.58 bits per heavy atom. The van der Waals surface area contributed by atoms with E-state index in [-0.39, 0.29) is 4.90 Å². The summed E-state index contributed by atoms with van der Waals surface area (Å²) >= 11 is 0.913. The molecule has 2 N–H and O–H groups in total. The van der Waals surface area contributed by atoms with Gasteiger partial charge in [-0.25, -0.2) is 0 Å². The van der Waals surface area contributed by atoms with Gasteiger partial charge in [0.1, 0.15) is 0 Å². The zero-order valence-corrected chi connectivity index (χ0v) is 8.74. The molecule has 0 radical (unpaired) electrons. The zero-order chi connectivity index (χ0) is 9.30. The second-order valence-electron chi connectivity index (χ2n) is 2.38. The van der Waals surface area contributed by atoms with Crippen LogP contribution < -0.4 is 5.73 Å². The molecule has 0 aromatic heterocycles. The fraction of sp³-hybridized carbons (Fsp3) is 0.143. The number of nitrogen functional groups attached to an aromatic ring is 1. The van der Waals surface area contributed by atoms with Crippen molar-refractivity contribution in [2.24, 2.45) is 0 Å². The number of hydrogen-bond donors (Lipinski definition) is 1. The minimum absolute atomic E-state index is 0.268. The average Bonchev–Trinajstić information content (AvgIpc) is 1.82. The van der Waals surface area contributed by atoms with Crippen LogP contribution >= 0.6 is 15.9 Å². The minimum Gasteiger partial charge on any atom is -0.768 e. The molecule has 0 aliphatic heterocycles. The van der Waals surface area contributed by atoms with E-state index in [4.69, 9.17) is 5.73 Å². The highest BCUT2D eigenvalue weighted by atomic mass is 79.9. The summed E-state index contributed by atoms with van der Waals surface area (Å²) in [6.07, 6.45) is 0. The number of nitrogens with two attached hydrogens (primary N) is 1. The molecule has 1 unspecified atom stereocenters. The fourth-order valence-corrected chi connectivity index (χ4v) is 2.48. The van der Waals surface area contributed by atoms with Crippen molar-refractivity contribution in [3.05, 3.63) is 22.2 Å². The third-order valence-electron chi connectivity index (χ3n) is 1.42. The largest absolute Gasteiger partial charge is 0.768 e. The Morgan fingerprint density at radius 2 is 2.17 bits per heavy atom. The molecule has 0 aliphatic carbocycles. The maximum atomic E-state index is 10.7. The van der Waals surface area contributed by atoms with Gasteiger partial charge in [0.15, 0.2) is 0 Å². The van der Waals surface area contributed by atoms with Crippen molar-refractivity contribution in [1.82, 2.24) is 0 Å². The van der Waals surface area contributed by atoms with E-state index in [0.29, 0.717) is 15.7 Å². The molecule has 1 atom stereocenters. The molecule has 12 heavy (non-hydrogen) atoms. The minimum atomic E-state index is -2.21. The predicted octanol–water partition coefficient (Wildman–Crippen LogP) is 1.58. The van der Waals surface area contributed by atoms with E-state index in [1.807, 2.05) is 0 Å². The second-order valence-corrected chi connectivity index (χ2v) is 4.12. The molecule has 1 rings (SSSR count). The summed E-state index contributed by atoms with van der Waals surface area (Å²) in [6, 6.07) is 3.19. The van der Waals surface area contributed by atoms with E-state index >= 15 is 0 Å². The number of benzene rings is 1. The number of halogens is 1. The Balaban J connectivity index is 3.38. The molecule has 1 aromatic carbocycles. The lowest BCUT2D eigenvalue weighted by atomic mass is 10.2. The molecule has 0 aliphatic rings. The van der Waals surface area contributed by atoms with E-state index in [1.165, 1.54) is 0 Å². The SMILES string of the molecule is Cc1cc(N)cc(Br)c1S(=O)[O-]. The van der Waals surface area contributed by atoms with Crippen LogP contribution in [0.15, 0.2) is 21.5 Å². The summed E-state index contributed by atoms with van der Waals surface area (Å²) in [6.45, 7) is 1.70. The highest BCUT2D eigenvalue weighted by Gasteiger charge is 2.04. The fourth-order valence-electron chi connectivity index (χ4n) is 0.969. The molecule has 0 spiro atoms. The van der Waals surface area contributed by atoms with Crippen LogP contribution in [0.1, 0.15) is 5.56 Å². The Labute approximate surface area is 81.4 Å². The van der Waals surface area contributed by atoms with Gasteiger partial charge in [-0.15, -0.1) is 0 Å². The highest BCUT2D eigenvalue weighted by molar-refractivity contribution is 9.10. The summed E-state index contributed by atoms with van der Waals surface area (Å²) in [5.74, 6) is 0. The third kappa shape index (κ3) is 1.85. The van der Waals surface area contributed by atoms with Crippen molar-refractivity contribution in [2.45, 2.75) is 11.8 Å². The quantitative estimate of drug-likeness (QED) is 0.607. The Morgan fingerprint density at radius 3 is 2.58 bits per heavy atom. The summed E-state index contributed by atoms with van der Waals surface area (Å²) in [7, 11) is 0. The van der Waals surface area contributed by atoms with Crippen molar-refractivity contribution in [3.63, 3.8) is 0 Å². The molecule has 0 saturated carbocycles. The van der Waals surface area contributed by atoms with Gasteiger partial charge in [0.25, 0.3) is 0 Å². The van der Waals surface area contributed by atoms with E-state index in [0.717, 1.165) is 0 Å². The van der Waals surface area contributed by atoms with E-state index in [2.05, 4.69) is 15.9 Å². The molecular weight excluding hydrogens is 242 g/mol. The van der Waals surface area contributed by atoms with Crippen molar-refractivity contribution in [1.29, 1.82) is 0 Å². The number of aryl methyl sites for hydroxylation is 1. The highest BCUT2D eigenvalue weighted by Crippen LogP contribution is 2.25. The van der Waals surface area contributed by atoms with Crippen LogP contribution in [0.25, 0.3) is 0 Å². The molecule has 66 valence electrons. The van der Waals surface area contributed by atoms with Gasteiger partial charge in [-0.3, -0.25) is 4.21 Å². The van der Waals surface area contributed by atoms with Crippen LogP contribution in [0.3, 0.4) is 0 Å². The first-order valence-electron chi connectivity index (χ1n) is 3.17. The second kappa shape index (κ2) is 3.55. The molecule has 0 amide bonds. The van der Waals surface area contributed by atoms with Gasteiger partial charge in [-0.1, -0.05) is 0 Å². The van der Waals surface area contributed by atoms with Gasteiger partial charge < -0.3 is 10.3 Å². The van der Waals surface area contributed by atoms with Gasteiger partial charge in [-0.2, -0.15) is 0 Å². The van der Waals surface area contributed by atoms with E-state index in [9.17, 15) is 8.76 Å². The molecule has 0 heterocycles. The van der Waals surface area contributed by atoms with Gasteiger partial charge in [-0.05, 0) is 51.6 Å². The molecule has 0 saturated heterocycles. The van der Waals surface area contributed by atoms with Crippen molar-refractivity contribution >= 4 is 32.7 Å². The summed E-state index contributed by atoms with van der Waals surface area (Å²) in [5.41, 5.74) is 6.70. The molecule has 1 aromatic rings. The third-order valence-corrected chi connectivity index (χ3v) is 3.18. The Bertz CT molecular complexity index is 317. The standard InChI is InChI=1S/C7H8BrNO2S/c1-4-2-5(9)3-6(8)7(4)12(10)11/h2-3H,9H2,1H3,(H,10,11)/p-1. The monoisotopic (exact) mass is 248 g/mol. The van der Waals surface area contributed by atoms with Gasteiger partial charge >= 0.3 is 0 Å². The Kier molecular flexibility index (Phi) is 2.87. The molecule has 0 fully saturated rings. The van der Waals surface area contributed by atoms with Crippen molar-refractivity contribution < 1.29 is 8.76 Å². The topological polar surface area (TPSA) is 66.2 Å². The van der Waals surface area contributed by atoms with Crippen LogP contribution in [0.4, 0.5) is 5.69 Å². The first kappa shape index (κ1) is 9.70. The lowest BCUT2D eigenvalue weighted by Crippen LogP contribution is -1.96. The normalized spacial score (nSPS) is 12.9. The summed E-state index contributed by atoms with van der Waals surface area (Å²) < 4.78 is 21.9. The van der Waals surface area contributed by atoms with Gasteiger partial charge in [0.05, 0.1) is 0 Å². The number of hydrogen-bond acceptors (Lipinski definition) is 3. The van der Waals surface area contributed by atoms with Gasteiger partial charge in [0, 0.05) is 15.1 Å². The van der Waals surface area contributed by atoms with Crippen LogP contribution in [0.2, 0.25) is 0 Å². The van der Waals surface area contributed by atoms with Gasteiger partial charge in [0.2, 0.25) is 0 Å². The molecule has 5 heteroatoms. The molecule has 3 nitrogen and oxygen atoms in total. The van der Waals surface area contributed by atoms with Crippen molar-refractivity contribution in [3.8, 4) is 0 Å². The molecule has 0 bridgehead atoms. The first-order valence-corrected chi connectivity index (χ1v) is 5.04. The predicted molar refractivity (Wildman–Crippen MR) is 50.5 cm³/mol. The van der Waals surface area contributed by atoms with Crippen LogP contribution in [-0.4, -0.2) is 8.76 Å². The van der Waals surface area contributed by atoms with E-state index in [1.54, 1.807) is 19.1 Å². The Hall–Kier alpha value is -0.390. The van der Waals surface area contributed by atoms with Crippen LogP contribution in [0, 0.1) is 6.92 Å². The summed E-state index contributed by atoms with van der Waals surface area (Å²) in [4.78, 5) is 0.268. The van der Waals surface area contributed by atoms with Crippen LogP contribution in [0.5, 0.6) is 0 Å². The van der Waals surface area contributed by atoms with E-state index < -0.39 is 11.1 Å². The molecular formula is C7H7BrNO2S-. The van der Waals surface area contributed by atoms with Crippen LogP contribution in [-0.2, 0) is 11.1 Å². The number of rotatable bonds is 1. The smallest absolute Gasteiger partial charge is 0.0421 e. The lowest BCUT2D eigenvalue weighted by Gasteiger charge is -2.11. The maximum absolute atomic E-state index is 10.7. The number of anilines is 1. The first-order chi connectivity index (χ1) is 5.52.